The molecule has 1 aliphatic heterocycles. The first kappa shape index (κ1) is 78.9. The molecule has 23 heteroatoms. The lowest BCUT2D eigenvalue weighted by atomic mass is 9.91. The zero-order chi connectivity index (χ0) is 67.4. The summed E-state index contributed by atoms with van der Waals surface area (Å²) < 4.78 is 0. The van der Waals surface area contributed by atoms with E-state index in [1.165, 1.54) is 80.8 Å². The number of aliphatic hydroxyl groups is 1. The van der Waals surface area contributed by atoms with Crippen LogP contribution in [0.4, 0.5) is 0 Å². The molecule has 1 rings (SSSR count). The molecular weight excluding hydrogens is 1110 g/mol. The van der Waals surface area contributed by atoms with Crippen LogP contribution in [0, 0.1) is 41.4 Å². The van der Waals surface area contributed by atoms with Crippen molar-refractivity contribution < 1.29 is 57.8 Å². The molecule has 0 saturated carbocycles. The summed E-state index contributed by atoms with van der Waals surface area (Å²) in [5, 5.41) is 23.3. The number of hydrogen-bond donors (Lipinski definition) is 5. The van der Waals surface area contributed by atoms with Gasteiger partial charge in [0.1, 0.15) is 60.4 Å². The van der Waals surface area contributed by atoms with E-state index in [4.69, 9.17) is 0 Å². The zero-order valence-electron chi connectivity index (χ0n) is 57.5. The van der Waals surface area contributed by atoms with Crippen LogP contribution in [0.25, 0.3) is 0 Å². The highest BCUT2D eigenvalue weighted by Crippen LogP contribution is 2.26. The van der Waals surface area contributed by atoms with E-state index < -0.39 is 156 Å². The van der Waals surface area contributed by atoms with Crippen molar-refractivity contribution >= 4 is 65.0 Å². The molecule has 0 aromatic rings. The van der Waals surface area contributed by atoms with Gasteiger partial charge in [-0.15, -0.1) is 0 Å². The molecule has 0 radical (unpaired) electrons. The van der Waals surface area contributed by atoms with E-state index in [2.05, 4.69) is 21.3 Å². The van der Waals surface area contributed by atoms with Gasteiger partial charge in [-0.05, 0) is 99.7 Å². The lowest BCUT2D eigenvalue weighted by Gasteiger charge is -2.41. The second-order valence-corrected chi connectivity index (χ2v) is 26.6. The van der Waals surface area contributed by atoms with Gasteiger partial charge in [0.15, 0.2) is 0 Å². The number of carbonyl (C=O) groups excluding carboxylic acids is 11. The molecule has 12 atom stereocenters. The van der Waals surface area contributed by atoms with Gasteiger partial charge in [0.05, 0.1) is 12.6 Å². The second-order valence-electron chi connectivity index (χ2n) is 26.6. The fraction of sp³-hybridized carbons (Fsp3) is 0.797. The predicted octanol–water partition coefficient (Wildman–Crippen LogP) is 4.05. The average molecular weight is 1230 g/mol. The Hall–Kier alpha value is -6.13. The Morgan fingerprint density at radius 1 is 0.437 bits per heavy atom. The Morgan fingerprint density at radius 3 is 1.30 bits per heavy atom. The third kappa shape index (κ3) is 22.5. The molecule has 0 aliphatic carbocycles. The minimum Gasteiger partial charge on any atom is -0.390 e. The zero-order valence-corrected chi connectivity index (χ0v) is 57.5. The topological polar surface area (TPSA) is 279 Å². The Bertz CT molecular complexity index is 2360. The number of likely N-dealkylation sites (N-methyl/N-ethyl adjacent to an activating group) is 7. The first-order valence-electron chi connectivity index (χ1n) is 31.6. The van der Waals surface area contributed by atoms with Crippen molar-refractivity contribution in [3.05, 3.63) is 12.2 Å². The van der Waals surface area contributed by atoms with E-state index in [0.29, 0.717) is 12.8 Å². The van der Waals surface area contributed by atoms with Crippen molar-refractivity contribution in [3.8, 4) is 0 Å². The van der Waals surface area contributed by atoms with Gasteiger partial charge in [0.2, 0.25) is 65.0 Å². The predicted molar refractivity (Wildman–Crippen MR) is 338 cm³/mol. The normalized spacial score (nSPS) is 26.6. The van der Waals surface area contributed by atoms with Crippen LogP contribution in [0.1, 0.15) is 169 Å². The van der Waals surface area contributed by atoms with Gasteiger partial charge in [0.25, 0.3) is 0 Å². The van der Waals surface area contributed by atoms with E-state index in [-0.39, 0.29) is 62.2 Å². The van der Waals surface area contributed by atoms with E-state index in [9.17, 15) is 43.5 Å². The SMILES string of the molecule is CC/C=C/C[C@@H](C)[C@@H](O)[C@H]1C(=O)N[C@@H](CC)C(=O)N(C)CC(=O)N(C)[C@H](CC(C)C)C(=O)N[C@H](C(C)C)C(=O)N(C)[C@H](CC(C)C)C(=O)N[C@@H](CC)C(=O)N[C@H](C)C(=O)N(C)[C@@H](CC(C)C)C(=O)N(C)[C@@H](CC(C)C)C(=O)N(C)[C@@H](C(C)C)C(=O)N1C. The molecule has 1 heterocycles. The summed E-state index contributed by atoms with van der Waals surface area (Å²) in [5.74, 6) is -9.62. The number of nitrogens with one attached hydrogen (secondary N) is 4. The molecule has 11 amide bonds. The number of aliphatic hydroxyl groups excluding tert-OH is 1. The molecule has 1 aliphatic rings. The Morgan fingerprint density at radius 2 is 0.851 bits per heavy atom. The average Bonchev–Trinajstić information content (AvgIpc) is 1.31. The molecule has 23 nitrogen and oxygen atoms in total. The van der Waals surface area contributed by atoms with Crippen molar-refractivity contribution in [2.75, 3.05) is 55.9 Å². The molecule has 498 valence electrons. The maximum Gasteiger partial charge on any atom is 0.246 e. The highest BCUT2D eigenvalue weighted by molar-refractivity contribution is 5.99. The second kappa shape index (κ2) is 36.4. The number of rotatable bonds is 17. The fourth-order valence-electron chi connectivity index (χ4n) is 11.0. The van der Waals surface area contributed by atoms with Gasteiger partial charge in [-0.3, -0.25) is 52.7 Å². The van der Waals surface area contributed by atoms with E-state index >= 15 is 14.4 Å². The highest BCUT2D eigenvalue weighted by atomic mass is 16.3. The maximum absolute atomic E-state index is 15.2. The van der Waals surface area contributed by atoms with Crippen LogP contribution in [-0.4, -0.2) is 227 Å². The summed E-state index contributed by atoms with van der Waals surface area (Å²) in [7, 11) is 9.97. The van der Waals surface area contributed by atoms with Gasteiger partial charge in [-0.1, -0.05) is 123 Å². The Kier molecular flexibility index (Phi) is 33.0. The lowest BCUT2D eigenvalue weighted by molar-refractivity contribution is -0.157. The van der Waals surface area contributed by atoms with Gasteiger partial charge in [-0.2, -0.15) is 0 Å². The maximum atomic E-state index is 15.2. The fourth-order valence-corrected chi connectivity index (χ4v) is 11.0. The van der Waals surface area contributed by atoms with Crippen LogP contribution in [0.2, 0.25) is 0 Å². The molecule has 0 aromatic carbocycles. The molecule has 1 fully saturated rings. The van der Waals surface area contributed by atoms with Gasteiger partial charge in [0, 0.05) is 49.3 Å². The Labute approximate surface area is 521 Å². The summed E-state index contributed by atoms with van der Waals surface area (Å²) in [6.07, 6.45) is 4.04. The number of amides is 11. The largest absolute Gasteiger partial charge is 0.390 e. The molecule has 1 saturated heterocycles. The van der Waals surface area contributed by atoms with Crippen molar-refractivity contribution in [1.82, 2.24) is 55.6 Å². The minimum atomic E-state index is -1.61. The van der Waals surface area contributed by atoms with Crippen molar-refractivity contribution in [1.29, 1.82) is 0 Å². The molecule has 5 N–H and O–H groups in total. The molecule has 0 unspecified atom stereocenters. The van der Waals surface area contributed by atoms with Crippen molar-refractivity contribution in [2.24, 2.45) is 41.4 Å². The molecule has 0 aromatic heterocycles. The van der Waals surface area contributed by atoms with Crippen LogP contribution < -0.4 is 21.3 Å². The number of allylic oxidation sites excluding steroid dienone is 2. The smallest absolute Gasteiger partial charge is 0.246 e. The summed E-state index contributed by atoms with van der Waals surface area (Å²) in [6.45, 7) is 29.8. The summed E-state index contributed by atoms with van der Waals surface area (Å²) in [6, 6.07) is -12.3. The quantitative estimate of drug-likeness (QED) is 0.129. The standard InChI is InChI=1S/C64H115N11O12/c1-25-28-29-30-42(16)54(77)53-58(81)67-45(27-3)60(83)69(18)35-50(76)70(19)46(31-36(4)5)57(80)68-51(40(12)13)63(86)71(20)47(32-37(6)7)56(79)66-44(26-2)55(78)65-43(17)59(82)72(21)48(33-38(8)9)61(84)73(22)49(34-39(10)11)62(85)74(23)52(41(14)15)64(87)75(53)24/h28-29,36-49,51-54,77H,25-27,30-35H2,1-24H3,(H,65,78)(H,66,79)(H,67,81)(H,68,80)/b29-28+/t42-,43-,44+,45+,46-,47-,48+,49+,51-,52+,53+,54-/m1/s1. The first-order chi connectivity index (χ1) is 40.2. The summed E-state index contributed by atoms with van der Waals surface area (Å²) in [5.41, 5.74) is 0. The number of carbonyl (C=O) groups is 11. The third-order valence-corrected chi connectivity index (χ3v) is 16.5. The van der Waals surface area contributed by atoms with Crippen LogP contribution in [0.15, 0.2) is 12.2 Å². The number of nitrogens with zero attached hydrogens (tertiary/aromatic N) is 7. The monoisotopic (exact) mass is 1230 g/mol. The Balaban J connectivity index is 4.37. The lowest BCUT2D eigenvalue weighted by Crippen LogP contribution is -2.63. The number of hydrogen-bond acceptors (Lipinski definition) is 12. The van der Waals surface area contributed by atoms with Gasteiger partial charge in [-0.25, -0.2) is 0 Å². The van der Waals surface area contributed by atoms with Crippen LogP contribution >= 0.6 is 0 Å². The third-order valence-electron chi connectivity index (χ3n) is 16.5. The van der Waals surface area contributed by atoms with Crippen molar-refractivity contribution in [2.45, 2.75) is 236 Å². The molecule has 0 spiro atoms. The summed E-state index contributed by atoms with van der Waals surface area (Å²) >= 11 is 0. The van der Waals surface area contributed by atoms with E-state index in [1.54, 1.807) is 48.5 Å². The van der Waals surface area contributed by atoms with Crippen LogP contribution in [-0.2, 0) is 52.7 Å². The molecule has 0 bridgehead atoms. The minimum absolute atomic E-state index is 0.0237. The van der Waals surface area contributed by atoms with Gasteiger partial charge < -0.3 is 60.7 Å². The highest BCUT2D eigenvalue weighted by Gasteiger charge is 2.46. The van der Waals surface area contributed by atoms with Crippen LogP contribution in [0.3, 0.4) is 0 Å². The van der Waals surface area contributed by atoms with Crippen molar-refractivity contribution in [3.63, 3.8) is 0 Å². The first-order valence-corrected chi connectivity index (χ1v) is 31.6. The van der Waals surface area contributed by atoms with Gasteiger partial charge >= 0.3 is 0 Å². The van der Waals surface area contributed by atoms with E-state index in [1.807, 2.05) is 74.5 Å². The molecule has 87 heavy (non-hydrogen) atoms. The van der Waals surface area contributed by atoms with Crippen LogP contribution in [0.5, 0.6) is 0 Å². The summed E-state index contributed by atoms with van der Waals surface area (Å²) in [4.78, 5) is 170. The van der Waals surface area contributed by atoms with E-state index in [0.717, 1.165) is 9.80 Å². The molecular formula is C64H115N11O12.